The van der Waals surface area contributed by atoms with E-state index in [1.165, 1.54) is 28.8 Å². The molecule has 0 saturated carbocycles. The van der Waals surface area contributed by atoms with Crippen LogP contribution in [-0.2, 0) is 16.2 Å². The summed E-state index contributed by atoms with van der Waals surface area (Å²) in [5, 5.41) is 0.580. The predicted molar refractivity (Wildman–Crippen MR) is 116 cm³/mol. The fourth-order valence-electron chi connectivity index (χ4n) is 2.88. The molecule has 30 heavy (non-hydrogen) atoms. The Balaban J connectivity index is 1.95. The van der Waals surface area contributed by atoms with Crippen molar-refractivity contribution in [1.29, 1.82) is 0 Å². The number of rotatable bonds is 6. The number of nitrogens with one attached hydrogen (secondary N) is 1. The number of amides is 2. The molecule has 0 aliphatic carbocycles. The van der Waals surface area contributed by atoms with Gasteiger partial charge in [-0.2, -0.15) is 0 Å². The first-order valence-electron chi connectivity index (χ1n) is 9.46. The van der Waals surface area contributed by atoms with Crippen LogP contribution in [0.1, 0.15) is 29.8 Å². The van der Waals surface area contributed by atoms with Crippen LogP contribution in [0.4, 0.5) is 10.1 Å². The van der Waals surface area contributed by atoms with Crippen LogP contribution in [0.15, 0.2) is 41.3 Å². The normalized spacial score (nSPS) is 16.4. The van der Waals surface area contributed by atoms with E-state index < -0.39 is 17.8 Å². The molecule has 0 aromatic heterocycles. The molecule has 1 aliphatic rings. The van der Waals surface area contributed by atoms with Gasteiger partial charge in [0.05, 0.1) is 30.4 Å². The van der Waals surface area contributed by atoms with Crippen molar-refractivity contribution in [3.05, 3.63) is 58.4 Å². The summed E-state index contributed by atoms with van der Waals surface area (Å²) in [6.45, 7) is 4.36. The zero-order chi connectivity index (χ0) is 21.8. The van der Waals surface area contributed by atoms with E-state index >= 15 is 0 Å². The Morgan fingerprint density at radius 3 is 2.73 bits per heavy atom. The van der Waals surface area contributed by atoms with Gasteiger partial charge in [-0.15, -0.1) is 11.8 Å². The number of nitrogens with two attached hydrogens (primary N) is 1. The maximum absolute atomic E-state index is 14.7. The highest BCUT2D eigenvalue weighted by molar-refractivity contribution is 7.99. The number of anilines is 1. The number of hydrogen-bond donors (Lipinski definition) is 2. The average molecular weight is 452 g/mol. The van der Waals surface area contributed by atoms with Crippen molar-refractivity contribution in [2.45, 2.75) is 31.3 Å². The van der Waals surface area contributed by atoms with E-state index in [1.807, 2.05) is 13.8 Å². The number of nitrogens with zero attached hydrogens (tertiary/aromatic N) is 1. The van der Waals surface area contributed by atoms with Crippen LogP contribution in [0, 0.1) is 11.7 Å². The summed E-state index contributed by atoms with van der Waals surface area (Å²) in [5.74, 6) is -1.20. The van der Waals surface area contributed by atoms with Crippen LogP contribution in [0.5, 0.6) is 0 Å². The molecule has 0 unspecified atom stereocenters. The van der Waals surface area contributed by atoms with Gasteiger partial charge in [0.1, 0.15) is 5.82 Å². The van der Waals surface area contributed by atoms with E-state index in [-0.39, 0.29) is 23.9 Å². The van der Waals surface area contributed by atoms with E-state index in [1.54, 1.807) is 24.3 Å². The summed E-state index contributed by atoms with van der Waals surface area (Å²) in [6, 6.07) is 8.94. The first-order valence-corrected chi connectivity index (χ1v) is 10.8. The Hall–Kier alpha value is -2.13. The van der Waals surface area contributed by atoms with Gasteiger partial charge in [-0.3, -0.25) is 14.4 Å². The summed E-state index contributed by atoms with van der Waals surface area (Å²) < 4.78 is 14.7. The maximum atomic E-state index is 14.7. The number of hydrogen-bond acceptors (Lipinski definition) is 5. The van der Waals surface area contributed by atoms with Gasteiger partial charge in [0.25, 0.3) is 5.91 Å². The minimum absolute atomic E-state index is 0.201. The predicted octanol–water partition coefficient (Wildman–Crippen LogP) is 3.76. The third-order valence-corrected chi connectivity index (χ3v) is 5.84. The van der Waals surface area contributed by atoms with E-state index in [0.29, 0.717) is 28.0 Å². The summed E-state index contributed by atoms with van der Waals surface area (Å²) in [6.07, 6.45) is 0. The molecule has 0 spiro atoms. The van der Waals surface area contributed by atoms with Crippen LogP contribution >= 0.6 is 23.4 Å². The summed E-state index contributed by atoms with van der Waals surface area (Å²) in [5.41, 5.74) is 9.34. The van der Waals surface area contributed by atoms with Gasteiger partial charge in [-0.1, -0.05) is 37.6 Å². The summed E-state index contributed by atoms with van der Waals surface area (Å²) in [7, 11) is 0. The molecule has 3 N–H and O–H groups in total. The van der Waals surface area contributed by atoms with Crippen molar-refractivity contribution in [3.8, 4) is 0 Å². The van der Waals surface area contributed by atoms with Crippen molar-refractivity contribution in [2.24, 2.45) is 11.7 Å². The molecule has 6 nitrogen and oxygen atoms in total. The molecule has 0 fully saturated rings. The number of carbonyl (C=O) groups excluding carboxylic acids is 2. The Bertz CT molecular complexity index is 940. The zero-order valence-corrected chi connectivity index (χ0v) is 18.2. The molecule has 2 amide bonds. The largest absolute Gasteiger partial charge is 0.319 e. The summed E-state index contributed by atoms with van der Waals surface area (Å²) in [4.78, 5) is 32.5. The van der Waals surface area contributed by atoms with Gasteiger partial charge in [-0.05, 0) is 35.7 Å². The Morgan fingerprint density at radius 2 is 2.07 bits per heavy atom. The maximum Gasteiger partial charge on any atom is 0.277 e. The molecule has 2 aromatic rings. The van der Waals surface area contributed by atoms with Gasteiger partial charge in [0.2, 0.25) is 5.91 Å². The van der Waals surface area contributed by atoms with Crippen molar-refractivity contribution >= 4 is 40.9 Å². The number of hydroxylamine groups is 1. The van der Waals surface area contributed by atoms with Crippen LogP contribution in [0.3, 0.4) is 0 Å². The molecule has 160 valence electrons. The number of benzene rings is 2. The second kappa shape index (κ2) is 9.78. The van der Waals surface area contributed by atoms with Crippen LogP contribution in [0.2, 0.25) is 5.02 Å². The number of thioether (sulfide) groups is 1. The lowest BCUT2D eigenvalue weighted by atomic mass is 10.1. The standard InChI is InChI=1S/C21H23ClFN3O3S/c1-12(2)10-29-25-20(27)15-7-18-19(8-16(15)23)30-11-17(24)21(28)26(18)9-13-3-5-14(22)6-4-13/h3-8,12,17H,9-11,24H2,1-2H3,(H,25,27)/t17-/m0/s1. The Kier molecular flexibility index (Phi) is 7.36. The SMILES string of the molecule is CC(C)CONC(=O)c1cc2c(cc1F)SC[C@H](N)C(=O)N2Cc1ccc(Cl)cc1. The summed E-state index contributed by atoms with van der Waals surface area (Å²) >= 11 is 7.23. The number of fused-ring (bicyclic) bond motifs is 1. The lowest BCUT2D eigenvalue weighted by Gasteiger charge is -2.25. The van der Waals surface area contributed by atoms with Gasteiger partial charge in [0, 0.05) is 15.7 Å². The van der Waals surface area contributed by atoms with E-state index in [4.69, 9.17) is 22.2 Å². The molecular weight excluding hydrogens is 429 g/mol. The average Bonchev–Trinajstić information content (AvgIpc) is 2.80. The fraction of sp³-hybridized carbons (Fsp3) is 0.333. The monoisotopic (exact) mass is 451 g/mol. The van der Waals surface area contributed by atoms with Gasteiger partial charge < -0.3 is 10.6 Å². The van der Waals surface area contributed by atoms with E-state index in [9.17, 15) is 14.0 Å². The zero-order valence-electron chi connectivity index (χ0n) is 16.7. The lowest BCUT2D eigenvalue weighted by molar-refractivity contribution is -0.119. The quantitative estimate of drug-likeness (QED) is 0.653. The third-order valence-electron chi connectivity index (χ3n) is 4.42. The second-order valence-corrected chi connectivity index (χ2v) is 8.90. The molecule has 3 rings (SSSR count). The molecule has 1 heterocycles. The minimum atomic E-state index is -0.746. The van der Waals surface area contributed by atoms with E-state index in [2.05, 4.69) is 5.48 Å². The minimum Gasteiger partial charge on any atom is -0.319 e. The molecule has 9 heteroatoms. The lowest BCUT2D eigenvalue weighted by Crippen LogP contribution is -2.44. The topological polar surface area (TPSA) is 84.7 Å². The van der Waals surface area contributed by atoms with Crippen molar-refractivity contribution < 1.29 is 18.8 Å². The highest BCUT2D eigenvalue weighted by atomic mass is 35.5. The number of halogens is 2. The Morgan fingerprint density at radius 1 is 1.37 bits per heavy atom. The third kappa shape index (κ3) is 5.31. The molecule has 1 aliphatic heterocycles. The highest BCUT2D eigenvalue weighted by Crippen LogP contribution is 2.37. The first-order chi connectivity index (χ1) is 14.3. The molecule has 0 bridgehead atoms. The molecular formula is C21H23ClFN3O3S. The van der Waals surface area contributed by atoms with Crippen molar-refractivity contribution in [3.63, 3.8) is 0 Å². The van der Waals surface area contributed by atoms with Gasteiger partial charge in [-0.25, -0.2) is 9.87 Å². The first kappa shape index (κ1) is 22.6. The van der Waals surface area contributed by atoms with Crippen LogP contribution < -0.4 is 16.1 Å². The van der Waals surface area contributed by atoms with Crippen LogP contribution in [0.25, 0.3) is 0 Å². The Labute approximate surface area is 183 Å². The number of carbonyl (C=O) groups is 2. The second-order valence-electron chi connectivity index (χ2n) is 7.40. The van der Waals surface area contributed by atoms with Gasteiger partial charge in [0.15, 0.2) is 0 Å². The molecule has 2 aromatic carbocycles. The highest BCUT2D eigenvalue weighted by Gasteiger charge is 2.30. The molecule has 1 atom stereocenters. The fourth-order valence-corrected chi connectivity index (χ4v) is 4.01. The van der Waals surface area contributed by atoms with Crippen LogP contribution in [-0.4, -0.2) is 30.2 Å². The van der Waals surface area contributed by atoms with Crippen molar-refractivity contribution in [1.82, 2.24) is 5.48 Å². The smallest absolute Gasteiger partial charge is 0.277 e. The van der Waals surface area contributed by atoms with Crippen molar-refractivity contribution in [2.75, 3.05) is 17.3 Å². The van der Waals surface area contributed by atoms with Gasteiger partial charge >= 0.3 is 0 Å². The van der Waals surface area contributed by atoms with E-state index in [0.717, 1.165) is 5.56 Å². The molecule has 0 radical (unpaired) electrons. The molecule has 0 saturated heterocycles.